The molecule has 0 aliphatic heterocycles. The average molecular weight is 411 g/mol. The van der Waals surface area contributed by atoms with Crippen molar-refractivity contribution in [3.05, 3.63) is 53.4 Å². The van der Waals surface area contributed by atoms with Gasteiger partial charge in [-0.05, 0) is 23.4 Å². The van der Waals surface area contributed by atoms with Gasteiger partial charge in [0.1, 0.15) is 10.8 Å². The normalized spacial score (nSPS) is 12.3. The highest BCUT2D eigenvalue weighted by Gasteiger charge is 2.18. The zero-order valence-electron chi connectivity index (χ0n) is 14.9. The zero-order valence-corrected chi connectivity index (χ0v) is 16.5. The van der Waals surface area contributed by atoms with E-state index in [-0.39, 0.29) is 10.3 Å². The number of ether oxygens (including phenoxy) is 1. The summed E-state index contributed by atoms with van der Waals surface area (Å²) in [5.74, 6) is -1.26. The molecule has 9 heteroatoms. The number of hydrogen-bond acceptors (Lipinski definition) is 6. The van der Waals surface area contributed by atoms with Crippen molar-refractivity contribution in [2.45, 2.75) is 30.0 Å². The molecular formula is C18H22N2O5S2. The summed E-state index contributed by atoms with van der Waals surface area (Å²) < 4.78 is 31.0. The van der Waals surface area contributed by atoms with Crippen LogP contribution in [0.4, 0.5) is 0 Å². The highest BCUT2D eigenvalue weighted by molar-refractivity contribution is 7.91. The molecule has 0 bridgehead atoms. The Morgan fingerprint density at radius 1 is 1.15 bits per heavy atom. The van der Waals surface area contributed by atoms with Crippen LogP contribution in [0.3, 0.4) is 0 Å². The molecule has 0 saturated heterocycles. The first-order valence-corrected chi connectivity index (χ1v) is 10.8. The first-order valence-electron chi connectivity index (χ1n) is 8.45. The van der Waals surface area contributed by atoms with Gasteiger partial charge in [0, 0.05) is 0 Å². The van der Waals surface area contributed by atoms with Crippen molar-refractivity contribution in [1.29, 1.82) is 0 Å². The molecule has 1 heterocycles. The van der Waals surface area contributed by atoms with Gasteiger partial charge in [-0.15, -0.1) is 11.3 Å². The molecule has 0 aliphatic rings. The molecule has 2 rings (SSSR count). The van der Waals surface area contributed by atoms with Gasteiger partial charge in [-0.2, -0.15) is 4.72 Å². The predicted molar refractivity (Wildman–Crippen MR) is 103 cm³/mol. The van der Waals surface area contributed by atoms with Crippen molar-refractivity contribution in [2.24, 2.45) is 0 Å². The van der Waals surface area contributed by atoms with Gasteiger partial charge < -0.3 is 10.1 Å². The van der Waals surface area contributed by atoms with Crippen molar-refractivity contribution in [3.63, 3.8) is 0 Å². The summed E-state index contributed by atoms with van der Waals surface area (Å²) >= 11 is 1.04. The Hall–Kier alpha value is -2.23. The molecule has 1 unspecified atom stereocenters. The SMILES string of the molecule is CCCC(NC(=O)COC(=O)CNS(=O)(=O)c1cccs1)c1ccccc1. The lowest BCUT2D eigenvalue weighted by molar-refractivity contribution is -0.147. The second-order valence-corrected chi connectivity index (χ2v) is 8.68. The van der Waals surface area contributed by atoms with E-state index in [1.54, 1.807) is 11.4 Å². The quantitative estimate of drug-likeness (QED) is 0.585. The third-order valence-electron chi connectivity index (χ3n) is 3.65. The number of esters is 1. The Balaban J connectivity index is 1.79. The third kappa shape index (κ3) is 6.78. The summed E-state index contributed by atoms with van der Waals surface area (Å²) in [5.41, 5.74) is 0.975. The summed E-state index contributed by atoms with van der Waals surface area (Å²) in [6.07, 6.45) is 1.63. The third-order valence-corrected chi connectivity index (χ3v) is 6.44. The molecule has 1 atom stereocenters. The molecule has 1 amide bonds. The number of benzene rings is 1. The smallest absolute Gasteiger partial charge is 0.321 e. The molecule has 0 spiro atoms. The monoisotopic (exact) mass is 410 g/mol. The average Bonchev–Trinajstić information content (AvgIpc) is 3.21. The maximum absolute atomic E-state index is 12.1. The summed E-state index contributed by atoms with van der Waals surface area (Å²) in [7, 11) is -3.75. The second kappa shape index (κ2) is 10.2. The lowest BCUT2D eigenvalue weighted by atomic mass is 10.0. The molecule has 27 heavy (non-hydrogen) atoms. The van der Waals surface area contributed by atoms with Crippen LogP contribution in [0.15, 0.2) is 52.1 Å². The van der Waals surface area contributed by atoms with E-state index in [0.29, 0.717) is 0 Å². The van der Waals surface area contributed by atoms with Gasteiger partial charge in [-0.3, -0.25) is 9.59 Å². The molecule has 1 aromatic carbocycles. The van der Waals surface area contributed by atoms with E-state index < -0.39 is 35.1 Å². The fraction of sp³-hybridized carbons (Fsp3) is 0.333. The van der Waals surface area contributed by atoms with Crippen LogP contribution in [0.25, 0.3) is 0 Å². The Bertz CT molecular complexity index is 836. The van der Waals surface area contributed by atoms with E-state index in [4.69, 9.17) is 4.74 Å². The standard InChI is InChI=1S/C18H22N2O5S2/c1-2-7-15(14-8-4-3-5-9-14)20-16(21)13-25-17(22)12-19-27(23,24)18-10-6-11-26-18/h3-6,8-11,15,19H,2,7,12-13H2,1H3,(H,20,21). The zero-order chi connectivity index (χ0) is 19.7. The fourth-order valence-corrected chi connectivity index (χ4v) is 4.38. The van der Waals surface area contributed by atoms with Crippen LogP contribution in [0.2, 0.25) is 0 Å². The van der Waals surface area contributed by atoms with Crippen molar-refractivity contribution in [3.8, 4) is 0 Å². The summed E-state index contributed by atoms with van der Waals surface area (Å²) in [6, 6.07) is 12.4. The van der Waals surface area contributed by atoms with E-state index in [1.165, 1.54) is 6.07 Å². The van der Waals surface area contributed by atoms with Crippen LogP contribution in [-0.4, -0.2) is 33.4 Å². The Morgan fingerprint density at radius 3 is 2.52 bits per heavy atom. The molecule has 146 valence electrons. The van der Waals surface area contributed by atoms with E-state index in [0.717, 1.165) is 29.7 Å². The Labute approximate surface area is 162 Å². The van der Waals surface area contributed by atoms with E-state index in [1.807, 2.05) is 37.3 Å². The van der Waals surface area contributed by atoms with Crippen LogP contribution in [0.1, 0.15) is 31.4 Å². The molecule has 0 radical (unpaired) electrons. The molecule has 2 N–H and O–H groups in total. The highest BCUT2D eigenvalue weighted by Crippen LogP contribution is 2.18. The van der Waals surface area contributed by atoms with Gasteiger partial charge in [0.05, 0.1) is 6.04 Å². The fourth-order valence-electron chi connectivity index (χ4n) is 2.37. The Morgan fingerprint density at radius 2 is 1.89 bits per heavy atom. The van der Waals surface area contributed by atoms with E-state index in [2.05, 4.69) is 10.0 Å². The lowest BCUT2D eigenvalue weighted by Gasteiger charge is -2.18. The molecule has 2 aromatic rings. The van der Waals surface area contributed by atoms with Crippen molar-refractivity contribution < 1.29 is 22.7 Å². The minimum atomic E-state index is -3.75. The lowest BCUT2D eigenvalue weighted by Crippen LogP contribution is -2.35. The van der Waals surface area contributed by atoms with Crippen LogP contribution < -0.4 is 10.0 Å². The van der Waals surface area contributed by atoms with Gasteiger partial charge in [0.2, 0.25) is 0 Å². The number of amides is 1. The first-order chi connectivity index (χ1) is 12.9. The topological polar surface area (TPSA) is 102 Å². The number of thiophene rings is 1. The summed E-state index contributed by atoms with van der Waals surface area (Å²) in [5, 5.41) is 4.45. The second-order valence-electron chi connectivity index (χ2n) is 5.74. The molecule has 0 aliphatic carbocycles. The van der Waals surface area contributed by atoms with Crippen LogP contribution in [0.5, 0.6) is 0 Å². The van der Waals surface area contributed by atoms with Crippen LogP contribution in [0, 0.1) is 0 Å². The molecule has 0 saturated carbocycles. The number of sulfonamides is 1. The number of hydrogen-bond donors (Lipinski definition) is 2. The van der Waals surface area contributed by atoms with Crippen molar-refractivity contribution in [1.82, 2.24) is 10.0 Å². The summed E-state index contributed by atoms with van der Waals surface area (Å²) in [4.78, 5) is 23.8. The number of carbonyl (C=O) groups is 2. The maximum atomic E-state index is 12.1. The highest BCUT2D eigenvalue weighted by atomic mass is 32.2. The van der Waals surface area contributed by atoms with E-state index in [9.17, 15) is 18.0 Å². The minimum absolute atomic E-state index is 0.110. The van der Waals surface area contributed by atoms with Gasteiger partial charge >= 0.3 is 5.97 Å². The molecule has 0 fully saturated rings. The number of nitrogens with one attached hydrogen (secondary N) is 2. The molecular weight excluding hydrogens is 388 g/mol. The van der Waals surface area contributed by atoms with Gasteiger partial charge in [0.15, 0.2) is 6.61 Å². The number of carbonyl (C=O) groups excluding carboxylic acids is 2. The van der Waals surface area contributed by atoms with Crippen LogP contribution >= 0.6 is 11.3 Å². The maximum Gasteiger partial charge on any atom is 0.321 e. The van der Waals surface area contributed by atoms with Gasteiger partial charge in [0.25, 0.3) is 15.9 Å². The van der Waals surface area contributed by atoms with E-state index >= 15 is 0 Å². The predicted octanol–water partition coefficient (Wildman–Crippen LogP) is 2.23. The first kappa shape index (κ1) is 21.1. The number of rotatable bonds is 10. The Kier molecular flexibility index (Phi) is 7.96. The van der Waals surface area contributed by atoms with Crippen LogP contribution in [-0.2, 0) is 24.3 Å². The minimum Gasteiger partial charge on any atom is -0.455 e. The summed E-state index contributed by atoms with van der Waals surface area (Å²) in [6.45, 7) is 1.01. The van der Waals surface area contributed by atoms with Crippen molar-refractivity contribution >= 4 is 33.2 Å². The van der Waals surface area contributed by atoms with Gasteiger partial charge in [-0.1, -0.05) is 49.7 Å². The van der Waals surface area contributed by atoms with Gasteiger partial charge in [-0.25, -0.2) is 8.42 Å². The molecule has 7 nitrogen and oxygen atoms in total. The molecule has 1 aromatic heterocycles. The van der Waals surface area contributed by atoms with Crippen molar-refractivity contribution in [2.75, 3.05) is 13.2 Å². The largest absolute Gasteiger partial charge is 0.455 e.